The zero-order chi connectivity index (χ0) is 24.9. The van der Waals surface area contributed by atoms with Crippen molar-refractivity contribution in [2.45, 2.75) is 65.4 Å². The van der Waals surface area contributed by atoms with E-state index >= 15 is 0 Å². The molecule has 0 aromatic heterocycles. The predicted octanol–water partition coefficient (Wildman–Crippen LogP) is 6.38. The number of esters is 1. The van der Waals surface area contributed by atoms with Gasteiger partial charge in [-0.25, -0.2) is 4.79 Å². The number of unbranched alkanes of at least 4 members (excludes halogenated alkanes) is 2. The van der Waals surface area contributed by atoms with Gasteiger partial charge in [0.05, 0.1) is 6.42 Å². The minimum atomic E-state index is -0.439. The molecule has 0 aliphatic carbocycles. The fourth-order valence-electron chi connectivity index (χ4n) is 3.94. The normalized spacial score (nSPS) is 10.6. The SMILES string of the molecule is CCCCc1ccc(ONC(=O)Cc2ccccc2)c(C(=O)OCc2ccccc2)c1CCCC. The topological polar surface area (TPSA) is 64.6 Å². The van der Waals surface area contributed by atoms with Crippen LogP contribution in [0.1, 0.15) is 72.1 Å². The van der Waals surface area contributed by atoms with Gasteiger partial charge in [0.15, 0.2) is 5.75 Å². The number of amides is 1. The summed E-state index contributed by atoms with van der Waals surface area (Å²) in [6.07, 6.45) is 5.87. The van der Waals surface area contributed by atoms with Crippen molar-refractivity contribution in [3.8, 4) is 5.75 Å². The van der Waals surface area contributed by atoms with E-state index in [1.165, 1.54) is 0 Å². The molecule has 3 aromatic rings. The minimum Gasteiger partial charge on any atom is -0.457 e. The molecule has 0 aliphatic rings. The molecule has 0 bridgehead atoms. The number of carbonyl (C=O) groups excluding carboxylic acids is 2. The van der Waals surface area contributed by atoms with Gasteiger partial charge in [-0.2, -0.15) is 5.48 Å². The standard InChI is InChI=1S/C30H35NO4/c1-3-5-17-25-19-20-27(35-31-28(32)21-23-13-9-7-10-14-23)29(26(25)18-6-4-2)30(33)34-22-24-15-11-8-12-16-24/h7-16,19-20H,3-6,17-18,21-22H2,1-2H3,(H,31,32). The van der Waals surface area contributed by atoms with Crippen LogP contribution >= 0.6 is 0 Å². The van der Waals surface area contributed by atoms with E-state index < -0.39 is 5.97 Å². The molecule has 5 heteroatoms. The first kappa shape index (κ1) is 26.0. The molecule has 184 valence electrons. The number of hydroxylamine groups is 1. The highest BCUT2D eigenvalue weighted by molar-refractivity contribution is 5.95. The highest BCUT2D eigenvalue weighted by Crippen LogP contribution is 2.29. The molecule has 0 aliphatic heterocycles. The third-order valence-electron chi connectivity index (χ3n) is 5.85. The van der Waals surface area contributed by atoms with Crippen LogP contribution in [0, 0.1) is 0 Å². The summed E-state index contributed by atoms with van der Waals surface area (Å²) in [5.41, 5.74) is 6.81. The van der Waals surface area contributed by atoms with Crippen molar-refractivity contribution < 1.29 is 19.2 Å². The zero-order valence-electron chi connectivity index (χ0n) is 20.7. The maximum Gasteiger partial charge on any atom is 0.342 e. The van der Waals surface area contributed by atoms with Gasteiger partial charge in [-0.1, -0.05) is 93.4 Å². The highest BCUT2D eigenvalue weighted by atomic mass is 16.7. The second-order valence-electron chi connectivity index (χ2n) is 8.63. The molecular weight excluding hydrogens is 438 g/mol. The maximum atomic E-state index is 13.4. The average Bonchev–Trinajstić information content (AvgIpc) is 2.89. The van der Waals surface area contributed by atoms with Gasteiger partial charge in [0.1, 0.15) is 12.2 Å². The van der Waals surface area contributed by atoms with Crippen molar-refractivity contribution in [3.05, 3.63) is 101 Å². The van der Waals surface area contributed by atoms with Gasteiger partial charge in [0.25, 0.3) is 5.91 Å². The molecule has 0 fully saturated rings. The average molecular weight is 474 g/mol. The Balaban J connectivity index is 1.85. The molecule has 1 N–H and O–H groups in total. The summed E-state index contributed by atoms with van der Waals surface area (Å²) in [4.78, 5) is 31.6. The van der Waals surface area contributed by atoms with Crippen molar-refractivity contribution in [2.24, 2.45) is 0 Å². The van der Waals surface area contributed by atoms with E-state index in [0.29, 0.717) is 11.3 Å². The molecule has 35 heavy (non-hydrogen) atoms. The molecule has 0 atom stereocenters. The number of ether oxygens (including phenoxy) is 1. The second-order valence-corrected chi connectivity index (χ2v) is 8.63. The van der Waals surface area contributed by atoms with Crippen LogP contribution in [-0.4, -0.2) is 11.9 Å². The summed E-state index contributed by atoms with van der Waals surface area (Å²) in [5.74, 6) is -0.411. The van der Waals surface area contributed by atoms with Crippen LogP contribution < -0.4 is 10.3 Å². The zero-order valence-corrected chi connectivity index (χ0v) is 20.7. The van der Waals surface area contributed by atoms with E-state index in [-0.39, 0.29) is 18.9 Å². The van der Waals surface area contributed by atoms with Crippen molar-refractivity contribution in [3.63, 3.8) is 0 Å². The molecule has 0 spiro atoms. The Morgan fingerprint density at radius 2 is 1.40 bits per heavy atom. The monoisotopic (exact) mass is 473 g/mol. The van der Waals surface area contributed by atoms with E-state index in [2.05, 4.69) is 19.3 Å². The molecule has 0 saturated heterocycles. The first-order valence-corrected chi connectivity index (χ1v) is 12.5. The summed E-state index contributed by atoms with van der Waals surface area (Å²) in [7, 11) is 0. The summed E-state index contributed by atoms with van der Waals surface area (Å²) in [6, 6.07) is 22.8. The smallest absolute Gasteiger partial charge is 0.342 e. The lowest BCUT2D eigenvalue weighted by atomic mass is 9.92. The lowest BCUT2D eigenvalue weighted by Crippen LogP contribution is -2.29. The fraction of sp³-hybridized carbons (Fsp3) is 0.333. The number of nitrogens with one attached hydrogen (secondary N) is 1. The third-order valence-corrected chi connectivity index (χ3v) is 5.85. The van der Waals surface area contributed by atoms with Gasteiger partial charge in [-0.15, -0.1) is 0 Å². The highest BCUT2D eigenvalue weighted by Gasteiger charge is 2.23. The quantitative estimate of drug-likeness (QED) is 0.231. The van der Waals surface area contributed by atoms with Crippen LogP contribution in [0.5, 0.6) is 5.75 Å². The number of rotatable bonds is 13. The number of hydrogen-bond donors (Lipinski definition) is 1. The Kier molecular flexibility index (Phi) is 10.4. The molecule has 3 rings (SSSR count). The third kappa shape index (κ3) is 7.99. The van der Waals surface area contributed by atoms with Crippen LogP contribution in [0.15, 0.2) is 72.8 Å². The Bertz CT molecular complexity index is 1080. The van der Waals surface area contributed by atoms with Crippen LogP contribution in [0.25, 0.3) is 0 Å². The Morgan fingerprint density at radius 1 is 0.771 bits per heavy atom. The van der Waals surface area contributed by atoms with E-state index in [4.69, 9.17) is 9.57 Å². The molecule has 1 amide bonds. The predicted molar refractivity (Wildman–Crippen MR) is 138 cm³/mol. The molecule has 0 radical (unpaired) electrons. The second kappa shape index (κ2) is 14.0. The van der Waals surface area contributed by atoms with Gasteiger partial charge >= 0.3 is 5.97 Å². The summed E-state index contributed by atoms with van der Waals surface area (Å²) in [6.45, 7) is 4.45. The number of hydrogen-bond acceptors (Lipinski definition) is 4. The van der Waals surface area contributed by atoms with Crippen molar-refractivity contribution in [1.82, 2.24) is 5.48 Å². The van der Waals surface area contributed by atoms with Gasteiger partial charge in [0.2, 0.25) is 0 Å². The minimum absolute atomic E-state index is 0.173. The van der Waals surface area contributed by atoms with Crippen molar-refractivity contribution in [2.75, 3.05) is 0 Å². The van der Waals surface area contributed by atoms with Gasteiger partial charge < -0.3 is 9.57 Å². The first-order chi connectivity index (χ1) is 17.1. The number of aryl methyl sites for hydroxylation is 1. The van der Waals surface area contributed by atoms with Crippen molar-refractivity contribution >= 4 is 11.9 Å². The molecule has 0 heterocycles. The van der Waals surface area contributed by atoms with E-state index in [0.717, 1.165) is 60.8 Å². The van der Waals surface area contributed by atoms with Crippen LogP contribution in [0.4, 0.5) is 0 Å². The Morgan fingerprint density at radius 3 is 2.06 bits per heavy atom. The molecule has 3 aromatic carbocycles. The lowest BCUT2D eigenvalue weighted by Gasteiger charge is -2.18. The summed E-state index contributed by atoms with van der Waals surface area (Å²) in [5, 5.41) is 0. The van der Waals surface area contributed by atoms with Gasteiger partial charge in [-0.3, -0.25) is 4.79 Å². The van der Waals surface area contributed by atoms with E-state index in [1.807, 2.05) is 66.7 Å². The first-order valence-electron chi connectivity index (χ1n) is 12.5. The van der Waals surface area contributed by atoms with E-state index in [9.17, 15) is 9.59 Å². The number of benzene rings is 3. The van der Waals surface area contributed by atoms with Crippen LogP contribution in [-0.2, 0) is 35.4 Å². The largest absolute Gasteiger partial charge is 0.457 e. The lowest BCUT2D eigenvalue weighted by molar-refractivity contribution is -0.127. The fourth-order valence-corrected chi connectivity index (χ4v) is 3.94. The maximum absolute atomic E-state index is 13.4. The van der Waals surface area contributed by atoms with Crippen LogP contribution in [0.2, 0.25) is 0 Å². The van der Waals surface area contributed by atoms with Gasteiger partial charge in [-0.05, 0) is 54.0 Å². The number of carbonyl (C=O) groups is 2. The summed E-state index contributed by atoms with van der Waals surface area (Å²) >= 11 is 0. The molecule has 0 saturated carbocycles. The van der Waals surface area contributed by atoms with E-state index in [1.54, 1.807) is 6.07 Å². The van der Waals surface area contributed by atoms with Gasteiger partial charge in [0, 0.05) is 0 Å². The molecule has 5 nitrogen and oxygen atoms in total. The van der Waals surface area contributed by atoms with Crippen LogP contribution in [0.3, 0.4) is 0 Å². The summed E-state index contributed by atoms with van der Waals surface area (Å²) < 4.78 is 5.71. The Labute approximate surface area is 208 Å². The van der Waals surface area contributed by atoms with Crippen molar-refractivity contribution in [1.29, 1.82) is 0 Å². The molecular formula is C30H35NO4. The Hall–Kier alpha value is -3.60. The molecule has 0 unspecified atom stereocenters.